The molecule has 0 bridgehead atoms. The van der Waals surface area contributed by atoms with Crippen LogP contribution < -0.4 is 15.1 Å². The molecule has 0 atom stereocenters. The number of thiol groups is 1. The Kier molecular flexibility index (Phi) is 5.71. The fourth-order valence-corrected chi connectivity index (χ4v) is 5.05. The van der Waals surface area contributed by atoms with Gasteiger partial charge in [-0.25, -0.2) is 13.8 Å². The zero-order valence-electron chi connectivity index (χ0n) is 18.8. The largest absolute Gasteiger partial charge is 0.371 e. The first-order valence-corrected chi connectivity index (χ1v) is 12.0. The first-order chi connectivity index (χ1) is 15.7. The summed E-state index contributed by atoms with van der Waals surface area (Å²) in [6.45, 7) is 4.06. The third-order valence-electron chi connectivity index (χ3n) is 7.21. The molecule has 1 aromatic heterocycles. The molecule has 2 aromatic rings. The van der Waals surface area contributed by atoms with Crippen molar-refractivity contribution in [1.29, 1.82) is 0 Å². The van der Waals surface area contributed by atoms with Crippen LogP contribution in [0, 0.1) is 12.3 Å². The molecule has 1 amide bonds. The fraction of sp³-hybridized carbons (Fsp3) is 0.542. The predicted molar refractivity (Wildman–Crippen MR) is 128 cm³/mol. The van der Waals surface area contributed by atoms with E-state index in [0.29, 0.717) is 28.4 Å². The molecule has 0 radical (unpaired) electrons. The summed E-state index contributed by atoms with van der Waals surface area (Å²) in [5.74, 6) is -2.14. The number of alkyl halides is 2. The Bertz CT molecular complexity index is 1050. The summed E-state index contributed by atoms with van der Waals surface area (Å²) >= 11 is 4.49. The Morgan fingerprint density at radius 3 is 2.30 bits per heavy atom. The number of hydrogen-bond acceptors (Lipinski definition) is 6. The van der Waals surface area contributed by atoms with E-state index in [0.717, 1.165) is 36.5 Å². The van der Waals surface area contributed by atoms with Gasteiger partial charge in [-0.15, -0.1) is 12.6 Å². The van der Waals surface area contributed by atoms with Gasteiger partial charge < -0.3 is 15.1 Å². The van der Waals surface area contributed by atoms with Crippen molar-refractivity contribution in [3.05, 3.63) is 35.5 Å². The summed E-state index contributed by atoms with van der Waals surface area (Å²) in [5.41, 5.74) is 2.68. The number of rotatable bonds is 4. The topological polar surface area (TPSA) is 61.4 Å². The van der Waals surface area contributed by atoms with E-state index in [-0.39, 0.29) is 31.8 Å². The van der Waals surface area contributed by atoms with Crippen LogP contribution in [0.1, 0.15) is 54.6 Å². The highest BCUT2D eigenvalue weighted by molar-refractivity contribution is 7.80. The second kappa shape index (κ2) is 8.42. The molecule has 1 saturated carbocycles. The number of carbonyl (C=O) groups is 1. The zero-order valence-corrected chi connectivity index (χ0v) is 19.7. The van der Waals surface area contributed by atoms with Crippen LogP contribution in [0.3, 0.4) is 0 Å². The van der Waals surface area contributed by atoms with Gasteiger partial charge >= 0.3 is 0 Å². The van der Waals surface area contributed by atoms with Crippen molar-refractivity contribution >= 4 is 36.0 Å². The number of halogens is 2. The number of benzene rings is 1. The van der Waals surface area contributed by atoms with E-state index in [1.807, 2.05) is 19.1 Å². The summed E-state index contributed by atoms with van der Waals surface area (Å²) < 4.78 is 27.1. The fourth-order valence-electron chi connectivity index (χ4n) is 4.85. The molecule has 1 N–H and O–H groups in total. The van der Waals surface area contributed by atoms with Crippen molar-refractivity contribution < 1.29 is 13.6 Å². The SMILES string of the molecule is Cc1cc(NC(=O)c2ccc(S)cc2N2CCC3(CC2)CC3)nc(N2CCC(F)(F)CC2)n1. The number of anilines is 3. The summed E-state index contributed by atoms with van der Waals surface area (Å²) in [4.78, 5) is 27.0. The van der Waals surface area contributed by atoms with Crippen molar-refractivity contribution in [2.45, 2.75) is 56.3 Å². The molecule has 6 nitrogen and oxygen atoms in total. The first-order valence-electron chi connectivity index (χ1n) is 11.6. The molecule has 1 aliphatic carbocycles. The van der Waals surface area contributed by atoms with Crippen LogP contribution >= 0.6 is 12.6 Å². The van der Waals surface area contributed by atoms with Crippen LogP contribution in [-0.2, 0) is 0 Å². The van der Waals surface area contributed by atoms with Gasteiger partial charge in [-0.05, 0) is 56.2 Å². The maximum Gasteiger partial charge on any atom is 0.258 e. The minimum absolute atomic E-state index is 0.188. The Labute approximate surface area is 198 Å². The van der Waals surface area contributed by atoms with Gasteiger partial charge in [-0.2, -0.15) is 4.98 Å². The van der Waals surface area contributed by atoms with E-state index in [1.165, 1.54) is 12.8 Å². The van der Waals surface area contributed by atoms with Crippen molar-refractivity contribution in [3.63, 3.8) is 0 Å². The molecule has 33 heavy (non-hydrogen) atoms. The van der Waals surface area contributed by atoms with Crippen molar-refractivity contribution in [1.82, 2.24) is 9.97 Å². The standard InChI is InChI=1S/C24H29F2N5OS/c1-16-14-20(29-22(27-16)31-12-8-24(25,26)9-13-31)28-21(32)18-3-2-17(33)15-19(18)30-10-6-23(4-5-23)7-11-30/h2-3,14-15,33H,4-13H2,1H3,(H,27,28,29,32). The summed E-state index contributed by atoms with van der Waals surface area (Å²) in [6.07, 6.45) is 4.53. The Balaban J connectivity index is 1.34. The molecule has 3 heterocycles. The van der Waals surface area contributed by atoms with Crippen LogP contribution in [0.15, 0.2) is 29.2 Å². The maximum atomic E-state index is 13.5. The molecule has 5 rings (SSSR count). The lowest BCUT2D eigenvalue weighted by atomic mass is 9.93. The highest BCUT2D eigenvalue weighted by Gasteiger charge is 2.44. The van der Waals surface area contributed by atoms with Gasteiger partial charge in [0.05, 0.1) is 11.3 Å². The Hall–Kier alpha value is -2.42. The third kappa shape index (κ3) is 4.93. The molecule has 3 aliphatic rings. The summed E-state index contributed by atoms with van der Waals surface area (Å²) in [5, 5.41) is 2.91. The first kappa shape index (κ1) is 22.4. The monoisotopic (exact) mass is 473 g/mol. The normalized spacial score (nSPS) is 21.2. The van der Waals surface area contributed by atoms with Gasteiger partial charge in [-0.1, -0.05) is 0 Å². The van der Waals surface area contributed by atoms with Crippen LogP contribution in [0.2, 0.25) is 0 Å². The molecular formula is C24H29F2N5OS. The van der Waals surface area contributed by atoms with Crippen molar-refractivity contribution in [3.8, 4) is 0 Å². The summed E-state index contributed by atoms with van der Waals surface area (Å²) in [6, 6.07) is 7.27. The molecule has 2 aliphatic heterocycles. The molecule has 176 valence electrons. The number of nitrogens with one attached hydrogen (secondary N) is 1. The molecule has 2 saturated heterocycles. The van der Waals surface area contributed by atoms with Crippen LogP contribution in [0.4, 0.5) is 26.2 Å². The van der Waals surface area contributed by atoms with Gasteiger partial charge in [0.1, 0.15) is 5.82 Å². The number of amides is 1. The van der Waals surface area contributed by atoms with E-state index >= 15 is 0 Å². The molecule has 9 heteroatoms. The van der Waals surface area contributed by atoms with Crippen LogP contribution in [0.25, 0.3) is 0 Å². The van der Waals surface area contributed by atoms with E-state index < -0.39 is 5.92 Å². The quantitative estimate of drug-likeness (QED) is 0.616. The van der Waals surface area contributed by atoms with Crippen molar-refractivity contribution in [2.75, 3.05) is 41.3 Å². The average molecular weight is 474 g/mol. The second-order valence-corrected chi connectivity index (χ2v) is 10.2. The number of piperidine rings is 2. The van der Waals surface area contributed by atoms with Gasteiger partial charge in [0.25, 0.3) is 11.8 Å². The predicted octanol–water partition coefficient (Wildman–Crippen LogP) is 4.94. The molecule has 1 aromatic carbocycles. The Morgan fingerprint density at radius 2 is 1.64 bits per heavy atom. The second-order valence-electron chi connectivity index (χ2n) is 9.68. The number of nitrogens with zero attached hydrogens (tertiary/aromatic N) is 4. The molecule has 0 unspecified atom stereocenters. The van der Waals surface area contributed by atoms with Crippen molar-refractivity contribution in [2.24, 2.45) is 5.41 Å². The van der Waals surface area contributed by atoms with E-state index in [2.05, 4.69) is 32.8 Å². The number of aryl methyl sites for hydroxylation is 1. The van der Waals surface area contributed by atoms with Gasteiger partial charge in [0, 0.05) is 55.7 Å². The number of hydrogen-bond donors (Lipinski definition) is 2. The molecular weight excluding hydrogens is 444 g/mol. The van der Waals surface area contributed by atoms with E-state index in [1.54, 1.807) is 17.0 Å². The van der Waals surface area contributed by atoms with Crippen LogP contribution in [0.5, 0.6) is 0 Å². The molecule has 3 fully saturated rings. The van der Waals surface area contributed by atoms with Crippen LogP contribution in [-0.4, -0.2) is 48.0 Å². The number of aromatic nitrogens is 2. The van der Waals surface area contributed by atoms with Gasteiger partial charge in [0.15, 0.2) is 0 Å². The summed E-state index contributed by atoms with van der Waals surface area (Å²) in [7, 11) is 0. The maximum absolute atomic E-state index is 13.5. The highest BCUT2D eigenvalue weighted by Crippen LogP contribution is 2.54. The smallest absolute Gasteiger partial charge is 0.258 e. The number of carbonyl (C=O) groups excluding carboxylic acids is 1. The van der Waals surface area contributed by atoms with E-state index in [4.69, 9.17) is 0 Å². The third-order valence-corrected chi connectivity index (χ3v) is 7.49. The minimum Gasteiger partial charge on any atom is -0.371 e. The van der Waals surface area contributed by atoms with Gasteiger partial charge in [0.2, 0.25) is 5.95 Å². The average Bonchev–Trinajstić information content (AvgIpc) is 3.52. The minimum atomic E-state index is -2.64. The lowest BCUT2D eigenvalue weighted by molar-refractivity contribution is -0.0222. The lowest BCUT2D eigenvalue weighted by Gasteiger charge is -2.35. The molecule has 1 spiro atoms. The lowest BCUT2D eigenvalue weighted by Crippen LogP contribution is -2.40. The zero-order chi connectivity index (χ0) is 23.2. The van der Waals surface area contributed by atoms with Gasteiger partial charge in [-0.3, -0.25) is 4.79 Å². The highest BCUT2D eigenvalue weighted by atomic mass is 32.1. The van der Waals surface area contributed by atoms with E-state index in [9.17, 15) is 13.6 Å². The Morgan fingerprint density at radius 1 is 0.970 bits per heavy atom.